The van der Waals surface area contributed by atoms with Crippen LogP contribution in [0.4, 0.5) is 5.13 Å². The molecular formula is C8H7N2NaO3S2. The number of anilines is 1. The minimum atomic E-state index is -4.49. The van der Waals surface area contributed by atoms with Crippen LogP contribution in [0.3, 0.4) is 0 Å². The standard InChI is InChI=1S/C8H8N2O3S2.Na/c1-5-3-2-4-6-7(5)9-8(14-6)10-15(11,12)13;/h2-4H,1H3,(H,9,10)(H,11,12,13);/q;+1/p-1. The smallest absolute Gasteiger partial charge is 0.731 e. The van der Waals surface area contributed by atoms with Crippen LogP contribution in [0.1, 0.15) is 5.56 Å². The Morgan fingerprint density at radius 1 is 1.44 bits per heavy atom. The Hall–Kier alpha value is -0.180. The molecule has 2 rings (SSSR count). The molecule has 0 aliphatic rings. The Kier molecular flexibility index (Phi) is 4.33. The van der Waals surface area contributed by atoms with E-state index in [9.17, 15) is 13.0 Å². The van der Waals surface area contributed by atoms with Crippen LogP contribution in [-0.2, 0) is 10.3 Å². The second-order valence-electron chi connectivity index (χ2n) is 3.00. The molecule has 0 amide bonds. The molecule has 0 aliphatic carbocycles. The number of nitrogens with zero attached hydrogens (tertiary/aromatic N) is 1. The van der Waals surface area contributed by atoms with E-state index in [4.69, 9.17) is 0 Å². The zero-order valence-electron chi connectivity index (χ0n) is 8.72. The van der Waals surface area contributed by atoms with Crippen molar-refractivity contribution in [1.82, 2.24) is 4.98 Å². The second kappa shape index (κ2) is 4.99. The third-order valence-electron chi connectivity index (χ3n) is 1.83. The summed E-state index contributed by atoms with van der Waals surface area (Å²) in [6.45, 7) is 1.87. The van der Waals surface area contributed by atoms with Gasteiger partial charge in [0.05, 0.1) is 10.2 Å². The van der Waals surface area contributed by atoms with Gasteiger partial charge >= 0.3 is 29.6 Å². The van der Waals surface area contributed by atoms with Crippen LogP contribution in [0.15, 0.2) is 18.2 Å². The summed E-state index contributed by atoms with van der Waals surface area (Å²) >= 11 is 1.14. The van der Waals surface area contributed by atoms with Gasteiger partial charge in [0.2, 0.25) is 0 Å². The van der Waals surface area contributed by atoms with E-state index in [0.29, 0.717) is 5.52 Å². The molecule has 0 bridgehead atoms. The maximum Gasteiger partial charge on any atom is 1.00 e. The molecule has 2 aromatic rings. The molecule has 1 aromatic heterocycles. The van der Waals surface area contributed by atoms with Crippen molar-refractivity contribution in [2.75, 3.05) is 4.72 Å². The first-order valence-electron chi connectivity index (χ1n) is 4.05. The van der Waals surface area contributed by atoms with Gasteiger partial charge in [-0.3, -0.25) is 4.72 Å². The molecule has 0 radical (unpaired) electrons. The van der Waals surface area contributed by atoms with Crippen LogP contribution in [0.2, 0.25) is 0 Å². The van der Waals surface area contributed by atoms with Crippen LogP contribution >= 0.6 is 11.3 Å². The Balaban J connectivity index is 0.00000128. The Bertz CT molecular complexity index is 609. The van der Waals surface area contributed by atoms with E-state index < -0.39 is 10.3 Å². The Labute approximate surface area is 119 Å². The van der Waals surface area contributed by atoms with Crippen molar-refractivity contribution in [2.24, 2.45) is 0 Å². The van der Waals surface area contributed by atoms with Crippen molar-refractivity contribution in [2.45, 2.75) is 6.92 Å². The van der Waals surface area contributed by atoms with Crippen LogP contribution in [-0.4, -0.2) is 18.0 Å². The first-order chi connectivity index (χ1) is 6.96. The number of hydrogen-bond donors (Lipinski definition) is 1. The number of aromatic nitrogens is 1. The van der Waals surface area contributed by atoms with Crippen molar-refractivity contribution >= 4 is 37.0 Å². The van der Waals surface area contributed by atoms with Gasteiger partial charge in [-0.25, -0.2) is 13.4 Å². The van der Waals surface area contributed by atoms with Gasteiger partial charge in [0.25, 0.3) is 0 Å². The molecule has 0 spiro atoms. The first kappa shape index (κ1) is 13.9. The van der Waals surface area contributed by atoms with E-state index in [1.807, 2.05) is 29.8 Å². The fraction of sp³-hybridized carbons (Fsp3) is 0.125. The summed E-state index contributed by atoms with van der Waals surface area (Å²) in [6, 6.07) is 5.55. The van der Waals surface area contributed by atoms with E-state index in [1.165, 1.54) is 0 Å². The molecule has 0 atom stereocenters. The predicted molar refractivity (Wildman–Crippen MR) is 57.7 cm³/mol. The first-order valence-corrected chi connectivity index (χ1v) is 6.28. The monoisotopic (exact) mass is 266 g/mol. The number of nitrogens with one attached hydrogen (secondary N) is 1. The summed E-state index contributed by atoms with van der Waals surface area (Å²) in [4.78, 5) is 4.03. The minimum absolute atomic E-state index is 0. The van der Waals surface area contributed by atoms with E-state index in [-0.39, 0.29) is 34.7 Å². The molecule has 1 heterocycles. The van der Waals surface area contributed by atoms with Gasteiger partial charge in [-0.1, -0.05) is 23.5 Å². The zero-order valence-corrected chi connectivity index (χ0v) is 12.4. The fourth-order valence-corrected chi connectivity index (χ4v) is 2.76. The number of rotatable bonds is 2. The summed E-state index contributed by atoms with van der Waals surface area (Å²) < 4.78 is 34.1. The van der Waals surface area contributed by atoms with E-state index in [0.717, 1.165) is 21.6 Å². The number of para-hydroxylation sites is 1. The summed E-state index contributed by atoms with van der Waals surface area (Å²) in [5.41, 5.74) is 1.66. The molecule has 0 aliphatic heterocycles. The van der Waals surface area contributed by atoms with Crippen LogP contribution in [0.5, 0.6) is 0 Å². The van der Waals surface area contributed by atoms with E-state index in [2.05, 4.69) is 4.98 Å². The van der Waals surface area contributed by atoms with Gasteiger partial charge in [0.1, 0.15) is 0 Å². The minimum Gasteiger partial charge on any atom is -0.731 e. The molecule has 1 aromatic carbocycles. The fourth-order valence-electron chi connectivity index (χ4n) is 1.24. The Morgan fingerprint density at radius 3 is 2.69 bits per heavy atom. The molecular weight excluding hydrogens is 259 g/mol. The van der Waals surface area contributed by atoms with Crippen molar-refractivity contribution in [3.05, 3.63) is 23.8 Å². The summed E-state index contributed by atoms with van der Waals surface area (Å²) in [5, 5.41) is 0.106. The van der Waals surface area contributed by atoms with Crippen molar-refractivity contribution < 1.29 is 42.5 Å². The molecule has 1 N–H and O–H groups in total. The third kappa shape index (κ3) is 3.16. The maximum atomic E-state index is 10.5. The molecule has 16 heavy (non-hydrogen) atoms. The number of benzene rings is 1. The average molecular weight is 266 g/mol. The molecule has 5 nitrogen and oxygen atoms in total. The zero-order chi connectivity index (χ0) is 11.1. The number of aryl methyl sites for hydroxylation is 1. The van der Waals surface area contributed by atoms with Crippen molar-refractivity contribution in [3.63, 3.8) is 0 Å². The van der Waals surface area contributed by atoms with Gasteiger partial charge in [0, 0.05) is 0 Å². The molecule has 80 valence electrons. The molecule has 0 saturated carbocycles. The average Bonchev–Trinajstić information content (AvgIpc) is 2.45. The summed E-state index contributed by atoms with van der Waals surface area (Å²) in [5.74, 6) is 0. The number of hydrogen-bond acceptors (Lipinski definition) is 5. The van der Waals surface area contributed by atoms with Gasteiger partial charge < -0.3 is 4.55 Å². The van der Waals surface area contributed by atoms with Crippen LogP contribution < -0.4 is 34.3 Å². The maximum absolute atomic E-state index is 10.5. The Morgan fingerprint density at radius 2 is 2.12 bits per heavy atom. The van der Waals surface area contributed by atoms with Crippen molar-refractivity contribution in [1.29, 1.82) is 0 Å². The van der Waals surface area contributed by atoms with E-state index >= 15 is 0 Å². The summed E-state index contributed by atoms with van der Waals surface area (Å²) in [7, 11) is -4.49. The predicted octanol–water partition coefficient (Wildman–Crippen LogP) is -1.52. The molecule has 0 fully saturated rings. The van der Waals surface area contributed by atoms with Crippen LogP contribution in [0, 0.1) is 6.92 Å². The topological polar surface area (TPSA) is 82.1 Å². The van der Waals surface area contributed by atoms with E-state index in [1.54, 1.807) is 0 Å². The third-order valence-corrected chi connectivity index (χ3v) is 3.34. The van der Waals surface area contributed by atoms with Gasteiger partial charge in [-0.15, -0.1) is 0 Å². The normalized spacial score (nSPS) is 11.1. The van der Waals surface area contributed by atoms with Crippen molar-refractivity contribution in [3.8, 4) is 0 Å². The van der Waals surface area contributed by atoms with Gasteiger partial charge in [-0.05, 0) is 18.6 Å². The molecule has 0 saturated heterocycles. The van der Waals surface area contributed by atoms with Gasteiger partial charge in [0.15, 0.2) is 15.4 Å². The number of thiazole rings is 1. The van der Waals surface area contributed by atoms with Crippen LogP contribution in [0.25, 0.3) is 10.2 Å². The quantitative estimate of drug-likeness (QED) is 0.529. The SMILES string of the molecule is Cc1cccc2sc(NS(=O)(=O)[O-])nc12.[Na+]. The summed E-state index contributed by atoms with van der Waals surface area (Å²) in [6.07, 6.45) is 0. The number of fused-ring (bicyclic) bond motifs is 1. The van der Waals surface area contributed by atoms with Gasteiger partial charge in [-0.2, -0.15) is 0 Å². The second-order valence-corrected chi connectivity index (χ2v) is 5.14. The molecule has 0 unspecified atom stereocenters. The molecule has 8 heteroatoms. The largest absolute Gasteiger partial charge is 1.00 e.